The summed E-state index contributed by atoms with van der Waals surface area (Å²) in [7, 11) is 0. The standard InChI is InChI=1S/C25H17F2N5/c26-18-8-6-17(7-9-18)23-24(32(16-29-23)21-12-10-19(27)11-13-21)22-14-15-28-25(31-22)30-20-4-2-1-3-5-20/h1-16H,(H,28,30,31). The number of para-hydroxylation sites is 1. The third-order valence-corrected chi connectivity index (χ3v) is 4.92. The maximum Gasteiger partial charge on any atom is 0.227 e. The maximum absolute atomic E-state index is 13.5. The summed E-state index contributed by atoms with van der Waals surface area (Å²) < 4.78 is 28.8. The molecule has 0 unspecified atom stereocenters. The van der Waals surface area contributed by atoms with Crippen LogP contribution in [-0.2, 0) is 0 Å². The molecule has 7 heteroatoms. The number of anilines is 2. The number of imidazole rings is 1. The van der Waals surface area contributed by atoms with Crippen molar-refractivity contribution in [3.8, 4) is 28.3 Å². The van der Waals surface area contributed by atoms with E-state index in [0.717, 1.165) is 16.9 Å². The van der Waals surface area contributed by atoms with Gasteiger partial charge >= 0.3 is 0 Å². The summed E-state index contributed by atoms with van der Waals surface area (Å²) in [5.41, 5.74) is 4.23. The Morgan fingerprint density at radius 3 is 2.12 bits per heavy atom. The van der Waals surface area contributed by atoms with E-state index in [-0.39, 0.29) is 11.6 Å². The van der Waals surface area contributed by atoms with Crippen LogP contribution in [0.25, 0.3) is 28.3 Å². The molecule has 3 aromatic carbocycles. The first-order valence-electron chi connectivity index (χ1n) is 9.92. The van der Waals surface area contributed by atoms with Crippen molar-refractivity contribution >= 4 is 11.6 Å². The van der Waals surface area contributed by atoms with E-state index in [1.165, 1.54) is 24.3 Å². The minimum absolute atomic E-state index is 0.328. The van der Waals surface area contributed by atoms with Gasteiger partial charge in [-0.05, 0) is 66.7 Å². The summed E-state index contributed by atoms with van der Waals surface area (Å²) in [6.07, 6.45) is 3.30. The molecule has 32 heavy (non-hydrogen) atoms. The Morgan fingerprint density at radius 2 is 1.41 bits per heavy atom. The number of benzene rings is 3. The summed E-state index contributed by atoms with van der Waals surface area (Å²) in [5, 5.41) is 3.19. The predicted octanol–water partition coefficient (Wildman–Crippen LogP) is 6.02. The van der Waals surface area contributed by atoms with Gasteiger partial charge < -0.3 is 5.32 Å². The van der Waals surface area contributed by atoms with E-state index in [2.05, 4.69) is 20.3 Å². The van der Waals surface area contributed by atoms with Crippen molar-refractivity contribution in [2.45, 2.75) is 0 Å². The Labute approximate surface area is 183 Å². The Morgan fingerprint density at radius 1 is 0.719 bits per heavy atom. The van der Waals surface area contributed by atoms with E-state index in [4.69, 9.17) is 0 Å². The van der Waals surface area contributed by atoms with Crippen LogP contribution in [0.15, 0.2) is 97.5 Å². The number of nitrogens with zero attached hydrogens (tertiary/aromatic N) is 4. The van der Waals surface area contributed by atoms with E-state index in [0.29, 0.717) is 23.0 Å². The lowest BCUT2D eigenvalue weighted by atomic mass is 10.1. The van der Waals surface area contributed by atoms with Gasteiger partial charge in [-0.1, -0.05) is 18.2 Å². The van der Waals surface area contributed by atoms with Crippen molar-refractivity contribution in [1.29, 1.82) is 0 Å². The molecule has 0 saturated heterocycles. The van der Waals surface area contributed by atoms with Gasteiger partial charge in [0.1, 0.15) is 18.0 Å². The summed E-state index contributed by atoms with van der Waals surface area (Å²) in [4.78, 5) is 13.6. The lowest BCUT2D eigenvalue weighted by Gasteiger charge is -2.12. The quantitative estimate of drug-likeness (QED) is 0.374. The highest BCUT2D eigenvalue weighted by molar-refractivity contribution is 5.78. The van der Waals surface area contributed by atoms with Gasteiger partial charge in [-0.2, -0.15) is 0 Å². The van der Waals surface area contributed by atoms with E-state index in [9.17, 15) is 8.78 Å². The lowest BCUT2D eigenvalue weighted by Crippen LogP contribution is -2.02. The van der Waals surface area contributed by atoms with Gasteiger partial charge in [0.2, 0.25) is 5.95 Å². The van der Waals surface area contributed by atoms with Crippen molar-refractivity contribution in [3.63, 3.8) is 0 Å². The van der Waals surface area contributed by atoms with Crippen molar-refractivity contribution in [3.05, 3.63) is 109 Å². The number of aromatic nitrogens is 4. The van der Waals surface area contributed by atoms with Gasteiger partial charge in [0, 0.05) is 23.1 Å². The second kappa shape index (κ2) is 8.39. The zero-order valence-corrected chi connectivity index (χ0v) is 16.8. The third-order valence-electron chi connectivity index (χ3n) is 4.92. The molecule has 0 spiro atoms. The second-order valence-electron chi connectivity index (χ2n) is 7.05. The minimum Gasteiger partial charge on any atom is -0.324 e. The summed E-state index contributed by atoms with van der Waals surface area (Å²) in [5.74, 6) is -0.235. The Bertz CT molecular complexity index is 1280. The highest BCUT2D eigenvalue weighted by Gasteiger charge is 2.18. The average molecular weight is 425 g/mol. The molecule has 0 saturated carbocycles. The first kappa shape index (κ1) is 19.6. The van der Waals surface area contributed by atoms with Crippen LogP contribution >= 0.6 is 0 Å². The summed E-state index contributed by atoms with van der Waals surface area (Å²) >= 11 is 0. The molecule has 0 bridgehead atoms. The minimum atomic E-state index is -0.329. The third kappa shape index (κ3) is 3.96. The van der Waals surface area contributed by atoms with E-state index in [1.54, 1.807) is 42.9 Å². The molecule has 156 valence electrons. The highest BCUT2D eigenvalue weighted by Crippen LogP contribution is 2.33. The van der Waals surface area contributed by atoms with Gasteiger partial charge in [0.15, 0.2) is 0 Å². The molecular formula is C25H17F2N5. The molecule has 2 aromatic heterocycles. The largest absolute Gasteiger partial charge is 0.324 e. The first-order chi connectivity index (χ1) is 15.7. The fourth-order valence-corrected chi connectivity index (χ4v) is 3.41. The average Bonchev–Trinajstić information content (AvgIpc) is 3.26. The number of nitrogens with one attached hydrogen (secondary N) is 1. The zero-order chi connectivity index (χ0) is 21.9. The molecule has 5 aromatic rings. The molecular weight excluding hydrogens is 408 g/mol. The van der Waals surface area contributed by atoms with Crippen LogP contribution in [0.4, 0.5) is 20.4 Å². The number of rotatable bonds is 5. The highest BCUT2D eigenvalue weighted by atomic mass is 19.1. The Kier molecular flexibility index (Phi) is 5.13. The van der Waals surface area contributed by atoms with Gasteiger partial charge in [-0.15, -0.1) is 0 Å². The maximum atomic E-state index is 13.5. The second-order valence-corrected chi connectivity index (χ2v) is 7.05. The van der Waals surface area contributed by atoms with E-state index in [1.807, 2.05) is 34.9 Å². The van der Waals surface area contributed by atoms with Crippen LogP contribution in [0.2, 0.25) is 0 Å². The van der Waals surface area contributed by atoms with Crippen molar-refractivity contribution < 1.29 is 8.78 Å². The first-order valence-corrected chi connectivity index (χ1v) is 9.92. The van der Waals surface area contributed by atoms with Crippen LogP contribution in [-0.4, -0.2) is 19.5 Å². The molecule has 0 aliphatic rings. The van der Waals surface area contributed by atoms with Crippen LogP contribution in [0.1, 0.15) is 0 Å². The van der Waals surface area contributed by atoms with E-state index < -0.39 is 0 Å². The molecule has 0 atom stereocenters. The predicted molar refractivity (Wildman–Crippen MR) is 120 cm³/mol. The normalized spacial score (nSPS) is 10.8. The van der Waals surface area contributed by atoms with Gasteiger partial charge in [0.05, 0.1) is 17.1 Å². The molecule has 0 aliphatic carbocycles. The zero-order valence-electron chi connectivity index (χ0n) is 16.8. The molecule has 0 fully saturated rings. The van der Waals surface area contributed by atoms with Gasteiger partial charge in [-0.25, -0.2) is 23.7 Å². The van der Waals surface area contributed by atoms with Crippen LogP contribution < -0.4 is 5.32 Å². The molecule has 2 heterocycles. The molecule has 1 N–H and O–H groups in total. The molecule has 0 aliphatic heterocycles. The molecule has 0 radical (unpaired) electrons. The van der Waals surface area contributed by atoms with Crippen molar-refractivity contribution in [2.24, 2.45) is 0 Å². The van der Waals surface area contributed by atoms with Crippen molar-refractivity contribution in [1.82, 2.24) is 19.5 Å². The van der Waals surface area contributed by atoms with Gasteiger partial charge in [0.25, 0.3) is 0 Å². The SMILES string of the molecule is Fc1ccc(-c2ncn(-c3ccc(F)cc3)c2-c2ccnc(Nc3ccccc3)n2)cc1. The van der Waals surface area contributed by atoms with Crippen LogP contribution in [0.5, 0.6) is 0 Å². The van der Waals surface area contributed by atoms with E-state index >= 15 is 0 Å². The molecule has 5 rings (SSSR count). The number of hydrogen-bond acceptors (Lipinski definition) is 4. The fourth-order valence-electron chi connectivity index (χ4n) is 3.41. The number of hydrogen-bond donors (Lipinski definition) is 1. The monoisotopic (exact) mass is 425 g/mol. The summed E-state index contributed by atoms with van der Waals surface area (Å²) in [6, 6.07) is 23.6. The van der Waals surface area contributed by atoms with Crippen LogP contribution in [0.3, 0.4) is 0 Å². The lowest BCUT2D eigenvalue weighted by molar-refractivity contribution is 0.627. The van der Waals surface area contributed by atoms with Crippen molar-refractivity contribution in [2.75, 3.05) is 5.32 Å². The van der Waals surface area contributed by atoms with Crippen LogP contribution in [0, 0.1) is 11.6 Å². The number of halogens is 2. The molecule has 5 nitrogen and oxygen atoms in total. The Hall–Kier alpha value is -4.39. The molecule has 0 amide bonds. The fraction of sp³-hybridized carbons (Fsp3) is 0. The topological polar surface area (TPSA) is 55.6 Å². The Balaban J connectivity index is 1.64. The summed E-state index contributed by atoms with van der Waals surface area (Å²) in [6.45, 7) is 0. The smallest absolute Gasteiger partial charge is 0.227 e. The van der Waals surface area contributed by atoms with Gasteiger partial charge in [-0.3, -0.25) is 4.57 Å².